The molecule has 28 heavy (non-hydrogen) atoms. The second-order valence-electron chi connectivity index (χ2n) is 8.71. The molecule has 8 heteroatoms. The zero-order valence-electron chi connectivity index (χ0n) is 15.5. The quantitative estimate of drug-likeness (QED) is 0.559. The summed E-state index contributed by atoms with van der Waals surface area (Å²) in [6, 6.07) is 4.40. The summed E-state index contributed by atoms with van der Waals surface area (Å²) in [5.74, 6) is -0.247. The number of imide groups is 1. The minimum absolute atomic E-state index is 0.111. The fourth-order valence-electron chi connectivity index (χ4n) is 6.34. The zero-order valence-corrected chi connectivity index (χ0v) is 15.5. The Morgan fingerprint density at radius 3 is 2.79 bits per heavy atom. The van der Waals surface area contributed by atoms with Crippen LogP contribution in [0.1, 0.15) is 36.8 Å². The third-order valence-corrected chi connectivity index (χ3v) is 7.59. The van der Waals surface area contributed by atoms with Gasteiger partial charge in [0, 0.05) is 18.0 Å². The molecule has 4 N–H and O–H groups in total. The molecule has 4 aliphatic rings. The standard InChI is InChI=1S/C20H24FN3O4/c21-6-8-24-7-5-18-11-19(16(26)22-17(27)23-19)3-4-20(18,28)15(24)9-12-1-2-13(25)10-14(12)18/h1-2,10,15,25,28H,3-9,11H2,(H2,22,23,26,27). The number of piperidine rings is 1. The second-order valence-corrected chi connectivity index (χ2v) is 8.71. The monoisotopic (exact) mass is 389 g/mol. The Hall–Kier alpha value is -2.19. The number of rotatable bonds is 2. The molecule has 2 aliphatic heterocycles. The fourth-order valence-corrected chi connectivity index (χ4v) is 6.34. The number of carbonyl (C=O) groups excluding carboxylic acids is 2. The maximum atomic E-state index is 13.2. The summed E-state index contributed by atoms with van der Waals surface area (Å²) in [6.45, 7) is 0.376. The molecule has 0 aromatic heterocycles. The van der Waals surface area contributed by atoms with E-state index in [0.29, 0.717) is 32.2 Å². The number of hydrogen-bond acceptors (Lipinski definition) is 5. The van der Waals surface area contributed by atoms with Crippen LogP contribution in [0.15, 0.2) is 18.2 Å². The second kappa shape index (κ2) is 5.67. The largest absolute Gasteiger partial charge is 0.508 e. The average molecular weight is 389 g/mol. The number of phenolic OH excluding ortho intramolecular Hbond substituents is 1. The fraction of sp³-hybridized carbons (Fsp3) is 0.600. The molecular formula is C20H24FN3O4. The molecule has 2 saturated heterocycles. The Labute approximate surface area is 161 Å². The van der Waals surface area contributed by atoms with Crippen LogP contribution in [0, 0.1) is 0 Å². The van der Waals surface area contributed by atoms with E-state index in [1.807, 2.05) is 11.0 Å². The molecule has 3 fully saturated rings. The number of alkyl halides is 1. The van der Waals surface area contributed by atoms with Crippen LogP contribution < -0.4 is 10.6 Å². The molecule has 3 amide bonds. The molecule has 4 unspecified atom stereocenters. The van der Waals surface area contributed by atoms with Gasteiger partial charge in [-0.1, -0.05) is 6.07 Å². The van der Waals surface area contributed by atoms with Gasteiger partial charge in [0.2, 0.25) is 0 Å². The molecule has 2 bridgehead atoms. The number of hydrogen-bond donors (Lipinski definition) is 4. The minimum Gasteiger partial charge on any atom is -0.508 e. The number of halogens is 1. The average Bonchev–Trinajstić information content (AvgIpc) is 2.92. The van der Waals surface area contributed by atoms with Gasteiger partial charge >= 0.3 is 6.03 Å². The first kappa shape index (κ1) is 17.9. The normalized spacial score (nSPS) is 39.3. The van der Waals surface area contributed by atoms with Crippen LogP contribution >= 0.6 is 0 Å². The lowest BCUT2D eigenvalue weighted by Crippen LogP contribution is -2.76. The van der Waals surface area contributed by atoms with E-state index in [4.69, 9.17) is 0 Å². The molecule has 0 radical (unpaired) electrons. The Bertz CT molecular complexity index is 879. The van der Waals surface area contributed by atoms with E-state index >= 15 is 0 Å². The third kappa shape index (κ3) is 2.10. The molecule has 1 saturated carbocycles. The van der Waals surface area contributed by atoms with Crippen molar-refractivity contribution < 1.29 is 24.2 Å². The van der Waals surface area contributed by atoms with Gasteiger partial charge in [-0.3, -0.25) is 15.0 Å². The first-order chi connectivity index (χ1) is 13.3. The van der Waals surface area contributed by atoms with E-state index in [1.54, 1.807) is 12.1 Å². The first-order valence-electron chi connectivity index (χ1n) is 9.82. The van der Waals surface area contributed by atoms with Gasteiger partial charge in [-0.2, -0.15) is 0 Å². The number of benzene rings is 1. The van der Waals surface area contributed by atoms with Crippen molar-refractivity contribution in [2.75, 3.05) is 19.8 Å². The number of nitrogens with one attached hydrogen (secondary N) is 2. The van der Waals surface area contributed by atoms with Crippen molar-refractivity contribution in [3.8, 4) is 5.75 Å². The SMILES string of the molecule is O=C1NC(=O)C2(CCC3(O)C4Cc5ccc(O)cc5C3(CCN4CCF)C2)N1. The van der Waals surface area contributed by atoms with E-state index in [9.17, 15) is 24.2 Å². The number of fused-ring (bicyclic) bond motifs is 1. The van der Waals surface area contributed by atoms with E-state index in [2.05, 4.69) is 10.6 Å². The zero-order chi connectivity index (χ0) is 19.7. The third-order valence-electron chi connectivity index (χ3n) is 7.59. The van der Waals surface area contributed by atoms with Gasteiger partial charge in [0.25, 0.3) is 5.91 Å². The number of carbonyl (C=O) groups is 2. The van der Waals surface area contributed by atoms with Gasteiger partial charge in [-0.25, -0.2) is 9.18 Å². The van der Waals surface area contributed by atoms with E-state index in [0.717, 1.165) is 11.1 Å². The summed E-state index contributed by atoms with van der Waals surface area (Å²) >= 11 is 0. The number of urea groups is 1. The van der Waals surface area contributed by atoms with E-state index < -0.39 is 29.3 Å². The molecule has 4 atom stereocenters. The number of aromatic hydroxyl groups is 1. The van der Waals surface area contributed by atoms with Crippen LogP contribution in [0.5, 0.6) is 5.75 Å². The molecule has 1 aromatic carbocycles. The predicted octanol–water partition coefficient (Wildman–Crippen LogP) is 0.723. The van der Waals surface area contributed by atoms with E-state index in [-0.39, 0.29) is 30.7 Å². The van der Waals surface area contributed by atoms with Gasteiger partial charge in [0.15, 0.2) is 0 Å². The lowest BCUT2D eigenvalue weighted by molar-refractivity contribution is -0.180. The van der Waals surface area contributed by atoms with Crippen LogP contribution in [-0.4, -0.2) is 64.0 Å². The Morgan fingerprint density at radius 1 is 1.25 bits per heavy atom. The Kier molecular flexibility index (Phi) is 3.62. The maximum Gasteiger partial charge on any atom is 0.322 e. The van der Waals surface area contributed by atoms with Crippen molar-refractivity contribution in [3.05, 3.63) is 29.3 Å². The number of aliphatic hydroxyl groups is 1. The highest BCUT2D eigenvalue weighted by atomic mass is 19.1. The highest BCUT2D eigenvalue weighted by Crippen LogP contribution is 2.60. The van der Waals surface area contributed by atoms with Gasteiger partial charge in [0.05, 0.1) is 5.60 Å². The van der Waals surface area contributed by atoms with Crippen molar-refractivity contribution in [2.45, 2.75) is 54.7 Å². The predicted molar refractivity (Wildman–Crippen MR) is 97.6 cm³/mol. The molecular weight excluding hydrogens is 365 g/mol. The van der Waals surface area contributed by atoms with Crippen molar-refractivity contribution in [1.82, 2.24) is 15.5 Å². The summed E-state index contributed by atoms with van der Waals surface area (Å²) < 4.78 is 13.2. The molecule has 1 aromatic rings. The smallest absolute Gasteiger partial charge is 0.322 e. The first-order valence-corrected chi connectivity index (χ1v) is 9.82. The lowest BCUT2D eigenvalue weighted by Gasteiger charge is -2.65. The summed E-state index contributed by atoms with van der Waals surface area (Å²) in [5, 5.41) is 27.3. The molecule has 5 rings (SSSR count). The number of amides is 3. The summed E-state index contributed by atoms with van der Waals surface area (Å²) in [4.78, 5) is 26.6. The highest BCUT2D eigenvalue weighted by molar-refractivity contribution is 6.07. The topological polar surface area (TPSA) is 102 Å². The van der Waals surface area contributed by atoms with Gasteiger partial charge < -0.3 is 15.5 Å². The van der Waals surface area contributed by atoms with Crippen molar-refractivity contribution in [2.24, 2.45) is 0 Å². The van der Waals surface area contributed by atoms with Crippen LogP contribution in [0.2, 0.25) is 0 Å². The lowest BCUT2D eigenvalue weighted by atomic mass is 9.46. The van der Waals surface area contributed by atoms with Gasteiger partial charge in [-0.05, 0) is 61.9 Å². The number of nitrogens with zero attached hydrogens (tertiary/aromatic N) is 1. The van der Waals surface area contributed by atoms with Crippen molar-refractivity contribution in [3.63, 3.8) is 0 Å². The minimum atomic E-state index is -1.15. The maximum absolute atomic E-state index is 13.2. The Balaban J connectivity index is 1.68. The van der Waals surface area contributed by atoms with Crippen LogP contribution in [0.3, 0.4) is 0 Å². The molecule has 1 spiro atoms. The van der Waals surface area contributed by atoms with Gasteiger partial charge in [0.1, 0.15) is 18.0 Å². The van der Waals surface area contributed by atoms with Crippen molar-refractivity contribution >= 4 is 11.9 Å². The number of likely N-dealkylation sites (tertiary alicyclic amines) is 1. The molecule has 2 aliphatic carbocycles. The van der Waals surface area contributed by atoms with Gasteiger partial charge in [-0.15, -0.1) is 0 Å². The van der Waals surface area contributed by atoms with Crippen LogP contribution in [-0.2, 0) is 16.6 Å². The summed E-state index contributed by atoms with van der Waals surface area (Å²) in [5.41, 5.74) is -1.16. The number of phenols is 1. The molecule has 2 heterocycles. The molecule has 150 valence electrons. The highest BCUT2D eigenvalue weighted by Gasteiger charge is 2.69. The van der Waals surface area contributed by atoms with Crippen LogP contribution in [0.4, 0.5) is 9.18 Å². The van der Waals surface area contributed by atoms with Crippen LogP contribution in [0.25, 0.3) is 0 Å². The Morgan fingerprint density at radius 2 is 2.07 bits per heavy atom. The van der Waals surface area contributed by atoms with Crippen molar-refractivity contribution in [1.29, 1.82) is 0 Å². The van der Waals surface area contributed by atoms with E-state index in [1.165, 1.54) is 0 Å². The molecule has 7 nitrogen and oxygen atoms in total. The summed E-state index contributed by atoms with van der Waals surface area (Å²) in [6.07, 6.45) is 2.02. The summed E-state index contributed by atoms with van der Waals surface area (Å²) in [7, 11) is 0.